The van der Waals surface area contributed by atoms with Crippen molar-refractivity contribution in [3.8, 4) is 17.1 Å². The van der Waals surface area contributed by atoms with Gasteiger partial charge in [-0.05, 0) is 37.3 Å². The Morgan fingerprint density at radius 2 is 1.97 bits per heavy atom. The van der Waals surface area contributed by atoms with E-state index >= 15 is 0 Å². The van der Waals surface area contributed by atoms with E-state index in [9.17, 15) is 4.79 Å². The molecule has 1 fully saturated rings. The molecule has 4 aromatic rings. The molecule has 1 saturated heterocycles. The summed E-state index contributed by atoms with van der Waals surface area (Å²) in [6.45, 7) is 7.00. The van der Waals surface area contributed by atoms with Gasteiger partial charge in [0.1, 0.15) is 23.7 Å². The summed E-state index contributed by atoms with van der Waals surface area (Å²) in [6, 6.07) is 11.2. The number of hydrogen-bond donors (Lipinski definition) is 2. The lowest BCUT2D eigenvalue weighted by molar-refractivity contribution is 0.0322. The number of aromatic nitrogens is 3. The summed E-state index contributed by atoms with van der Waals surface area (Å²) < 4.78 is 13.4. The topological polar surface area (TPSA) is 93.0 Å². The van der Waals surface area contributed by atoms with Gasteiger partial charge < -0.3 is 20.1 Å². The van der Waals surface area contributed by atoms with Crippen LogP contribution >= 0.6 is 11.3 Å². The van der Waals surface area contributed by atoms with Gasteiger partial charge in [-0.1, -0.05) is 0 Å². The number of carbonyl (C=O) groups is 1. The van der Waals surface area contributed by atoms with Crippen LogP contribution in [0.25, 0.3) is 17.0 Å². The van der Waals surface area contributed by atoms with Gasteiger partial charge in [-0.25, -0.2) is 9.97 Å². The maximum absolute atomic E-state index is 11.7. The zero-order valence-corrected chi connectivity index (χ0v) is 20.6. The van der Waals surface area contributed by atoms with Crippen LogP contribution in [0.15, 0.2) is 48.0 Å². The number of fused-ring (bicyclic) bond motifs is 1. The SMILES string of the molecule is CNC(=O)c1ccc(Nc2nc(-c3c(C)nc4cc(OCCN5CCOCC5)ccn34)cs2)cc1. The maximum atomic E-state index is 11.7. The molecule has 0 saturated carbocycles. The summed E-state index contributed by atoms with van der Waals surface area (Å²) in [4.78, 5) is 23.6. The Balaban J connectivity index is 1.27. The third-order valence-electron chi connectivity index (χ3n) is 5.92. The molecular weight excluding hydrogens is 464 g/mol. The van der Waals surface area contributed by atoms with E-state index in [2.05, 4.69) is 15.5 Å². The van der Waals surface area contributed by atoms with Crippen LogP contribution in [-0.2, 0) is 4.74 Å². The van der Waals surface area contributed by atoms with E-state index in [0.717, 1.165) is 72.1 Å². The fourth-order valence-electron chi connectivity index (χ4n) is 4.07. The Labute approximate surface area is 207 Å². The van der Waals surface area contributed by atoms with Gasteiger partial charge in [0.2, 0.25) is 0 Å². The molecule has 1 aromatic carbocycles. The summed E-state index contributed by atoms with van der Waals surface area (Å²) in [6.07, 6.45) is 1.98. The van der Waals surface area contributed by atoms with Crippen LogP contribution in [0.5, 0.6) is 5.75 Å². The molecule has 1 aliphatic heterocycles. The molecule has 0 atom stereocenters. The lowest BCUT2D eigenvalue weighted by atomic mass is 10.2. The highest BCUT2D eigenvalue weighted by Crippen LogP contribution is 2.31. The number of aryl methyl sites for hydroxylation is 1. The predicted molar refractivity (Wildman–Crippen MR) is 137 cm³/mol. The molecule has 3 aromatic heterocycles. The van der Waals surface area contributed by atoms with E-state index < -0.39 is 0 Å². The van der Waals surface area contributed by atoms with Crippen molar-refractivity contribution in [1.82, 2.24) is 24.6 Å². The largest absolute Gasteiger partial charge is 0.492 e. The normalized spacial score (nSPS) is 14.2. The van der Waals surface area contributed by atoms with Crippen LogP contribution in [-0.4, -0.2) is 71.7 Å². The molecule has 35 heavy (non-hydrogen) atoms. The molecule has 5 rings (SSSR count). The average molecular weight is 493 g/mol. The predicted octanol–water partition coefficient (Wildman–Crippen LogP) is 3.58. The van der Waals surface area contributed by atoms with Crippen LogP contribution in [0.1, 0.15) is 16.1 Å². The van der Waals surface area contributed by atoms with Crippen molar-refractivity contribution in [1.29, 1.82) is 0 Å². The lowest BCUT2D eigenvalue weighted by Crippen LogP contribution is -2.38. The lowest BCUT2D eigenvalue weighted by Gasteiger charge is -2.26. The summed E-state index contributed by atoms with van der Waals surface area (Å²) in [5.74, 6) is 0.699. The second-order valence-corrected chi connectivity index (χ2v) is 9.12. The Morgan fingerprint density at radius 3 is 2.74 bits per heavy atom. The number of rotatable bonds is 8. The van der Waals surface area contributed by atoms with Crippen molar-refractivity contribution in [3.05, 3.63) is 59.2 Å². The minimum absolute atomic E-state index is 0.109. The van der Waals surface area contributed by atoms with Crippen molar-refractivity contribution in [3.63, 3.8) is 0 Å². The number of anilines is 2. The summed E-state index contributed by atoms with van der Waals surface area (Å²) in [7, 11) is 1.62. The third-order valence-corrected chi connectivity index (χ3v) is 6.68. The molecule has 1 aliphatic rings. The fourth-order valence-corrected chi connectivity index (χ4v) is 4.79. The number of thiazole rings is 1. The maximum Gasteiger partial charge on any atom is 0.251 e. The van der Waals surface area contributed by atoms with E-state index in [4.69, 9.17) is 19.4 Å². The van der Waals surface area contributed by atoms with Gasteiger partial charge in [0.15, 0.2) is 5.13 Å². The fraction of sp³-hybridized carbons (Fsp3) is 0.320. The first kappa shape index (κ1) is 23.3. The minimum atomic E-state index is -0.109. The second-order valence-electron chi connectivity index (χ2n) is 8.26. The average Bonchev–Trinajstić information content (AvgIpc) is 3.47. The number of hydrogen-bond acceptors (Lipinski definition) is 8. The summed E-state index contributed by atoms with van der Waals surface area (Å²) >= 11 is 1.52. The third kappa shape index (κ3) is 5.29. The van der Waals surface area contributed by atoms with Crippen molar-refractivity contribution in [2.75, 3.05) is 51.8 Å². The number of ether oxygens (including phenoxy) is 2. The minimum Gasteiger partial charge on any atom is -0.492 e. The van der Waals surface area contributed by atoms with Crippen LogP contribution in [0, 0.1) is 6.92 Å². The van der Waals surface area contributed by atoms with Gasteiger partial charge >= 0.3 is 0 Å². The molecular formula is C25H28N6O3S. The quantitative estimate of drug-likeness (QED) is 0.388. The van der Waals surface area contributed by atoms with E-state index in [1.54, 1.807) is 19.2 Å². The smallest absolute Gasteiger partial charge is 0.251 e. The van der Waals surface area contributed by atoms with E-state index in [1.165, 1.54) is 11.3 Å². The van der Waals surface area contributed by atoms with Gasteiger partial charge in [-0.2, -0.15) is 0 Å². The number of amides is 1. The van der Waals surface area contributed by atoms with Crippen LogP contribution in [0.3, 0.4) is 0 Å². The van der Waals surface area contributed by atoms with E-state index in [0.29, 0.717) is 12.2 Å². The van der Waals surface area contributed by atoms with E-state index in [-0.39, 0.29) is 5.91 Å². The van der Waals surface area contributed by atoms with Crippen LogP contribution in [0.4, 0.5) is 10.8 Å². The standard InChI is InChI=1S/C25H28N6O3S/c1-17-23(21-16-35-25(29-21)28-19-5-3-18(4-6-19)24(32)26-2)31-8-7-20(15-22(31)27-17)34-14-11-30-9-12-33-13-10-30/h3-8,15-16H,9-14H2,1-2H3,(H,26,32)(H,28,29). The van der Waals surface area contributed by atoms with Crippen molar-refractivity contribution in [2.45, 2.75) is 6.92 Å². The van der Waals surface area contributed by atoms with Crippen molar-refractivity contribution < 1.29 is 14.3 Å². The van der Waals surface area contributed by atoms with Gasteiger partial charge in [0.25, 0.3) is 5.91 Å². The molecule has 0 radical (unpaired) electrons. The van der Waals surface area contributed by atoms with Gasteiger partial charge in [0, 0.05) is 55.6 Å². The highest BCUT2D eigenvalue weighted by molar-refractivity contribution is 7.14. The Hall–Kier alpha value is -3.47. The van der Waals surface area contributed by atoms with Crippen LogP contribution in [0.2, 0.25) is 0 Å². The van der Waals surface area contributed by atoms with Gasteiger partial charge in [-0.3, -0.25) is 14.1 Å². The number of imidazole rings is 1. The van der Waals surface area contributed by atoms with Crippen LogP contribution < -0.4 is 15.4 Å². The number of nitrogens with one attached hydrogen (secondary N) is 2. The number of morpholine rings is 1. The van der Waals surface area contributed by atoms with Gasteiger partial charge in [0.05, 0.1) is 24.6 Å². The molecule has 0 aliphatic carbocycles. The van der Waals surface area contributed by atoms with Crippen molar-refractivity contribution >= 4 is 33.7 Å². The molecule has 10 heteroatoms. The zero-order chi connectivity index (χ0) is 24.2. The van der Waals surface area contributed by atoms with E-state index in [1.807, 2.05) is 47.2 Å². The van der Waals surface area contributed by atoms with Crippen molar-refractivity contribution in [2.24, 2.45) is 0 Å². The molecule has 9 nitrogen and oxygen atoms in total. The molecule has 1 amide bonds. The Bertz CT molecular complexity index is 1310. The highest BCUT2D eigenvalue weighted by Gasteiger charge is 2.16. The first-order valence-electron chi connectivity index (χ1n) is 11.6. The molecule has 0 spiro atoms. The molecule has 4 heterocycles. The summed E-state index contributed by atoms with van der Waals surface area (Å²) in [5, 5.41) is 8.72. The number of carbonyl (C=O) groups excluding carboxylic acids is 1. The molecule has 0 bridgehead atoms. The highest BCUT2D eigenvalue weighted by atomic mass is 32.1. The molecule has 182 valence electrons. The number of benzene rings is 1. The molecule has 0 unspecified atom stereocenters. The first-order valence-corrected chi connectivity index (χ1v) is 12.5. The second kappa shape index (κ2) is 10.4. The number of pyridine rings is 1. The Morgan fingerprint density at radius 1 is 1.17 bits per heavy atom. The number of nitrogens with zero attached hydrogens (tertiary/aromatic N) is 4. The monoisotopic (exact) mass is 492 g/mol. The molecule has 2 N–H and O–H groups in total. The first-order chi connectivity index (χ1) is 17.1. The Kier molecular flexibility index (Phi) is 6.94. The zero-order valence-electron chi connectivity index (χ0n) is 19.8. The van der Waals surface area contributed by atoms with Gasteiger partial charge in [-0.15, -0.1) is 11.3 Å². The summed E-state index contributed by atoms with van der Waals surface area (Å²) in [5.41, 5.74) is 5.02.